The summed E-state index contributed by atoms with van der Waals surface area (Å²) in [7, 11) is 4.25. The number of aromatic nitrogens is 3. The van der Waals surface area contributed by atoms with Crippen LogP contribution in [0.2, 0.25) is 0 Å². The van der Waals surface area contributed by atoms with Crippen molar-refractivity contribution in [1.29, 1.82) is 0 Å². The summed E-state index contributed by atoms with van der Waals surface area (Å²) in [6.45, 7) is 9.49. The third kappa shape index (κ3) is 4.93. The number of hydrogen-bond acceptors (Lipinski definition) is 4. The Morgan fingerprint density at radius 1 is 1.00 bits per heavy atom. The van der Waals surface area contributed by atoms with Crippen molar-refractivity contribution in [2.24, 2.45) is 10.8 Å². The van der Waals surface area contributed by atoms with Gasteiger partial charge in [0.05, 0.1) is 5.39 Å². The van der Waals surface area contributed by atoms with E-state index in [2.05, 4.69) is 73.0 Å². The minimum atomic E-state index is 0.348. The van der Waals surface area contributed by atoms with Crippen molar-refractivity contribution < 1.29 is 0 Å². The van der Waals surface area contributed by atoms with Gasteiger partial charge in [-0.2, -0.15) is 0 Å². The maximum Gasteiger partial charge on any atom is 0.142 e. The minimum Gasteiger partial charge on any atom is -0.355 e. The Balaban J connectivity index is 0.000000204. The summed E-state index contributed by atoms with van der Waals surface area (Å²) in [6.07, 6.45) is 14.4. The van der Waals surface area contributed by atoms with Crippen LogP contribution in [0.25, 0.3) is 11.0 Å². The number of nitrogens with zero attached hydrogens (tertiary/aromatic N) is 3. The number of anilines is 1. The minimum absolute atomic E-state index is 0.348. The third-order valence-electron chi connectivity index (χ3n) is 7.44. The monoisotopic (exact) mass is 399 g/mol. The number of fused-ring (bicyclic) bond motifs is 1. The molecule has 2 unspecified atom stereocenters. The van der Waals surface area contributed by atoms with E-state index < -0.39 is 0 Å². The van der Waals surface area contributed by atoms with Gasteiger partial charge in [0.25, 0.3) is 0 Å². The average molecular weight is 400 g/mol. The van der Waals surface area contributed by atoms with Crippen molar-refractivity contribution in [1.82, 2.24) is 20.3 Å². The van der Waals surface area contributed by atoms with Crippen LogP contribution in [0.4, 0.5) is 5.82 Å². The van der Waals surface area contributed by atoms with Crippen molar-refractivity contribution in [2.45, 2.75) is 91.1 Å². The summed E-state index contributed by atoms with van der Waals surface area (Å²) in [5.74, 6) is 1.05. The SMILES string of the molecule is CN(c1ncnc2[nH]ccc12)C1CCCCC1(C)C.CNC1CCCCC1(C)C. The molecule has 0 saturated heterocycles. The van der Waals surface area contributed by atoms with Gasteiger partial charge in [0.15, 0.2) is 0 Å². The summed E-state index contributed by atoms with van der Waals surface area (Å²) in [4.78, 5) is 14.3. The fourth-order valence-corrected chi connectivity index (χ4v) is 5.51. The Hall–Kier alpha value is -1.62. The lowest BCUT2D eigenvalue weighted by molar-refractivity contribution is 0.176. The lowest BCUT2D eigenvalue weighted by Gasteiger charge is -2.44. The van der Waals surface area contributed by atoms with E-state index in [-0.39, 0.29) is 0 Å². The molecule has 162 valence electrons. The number of hydrogen-bond donors (Lipinski definition) is 2. The molecule has 2 aliphatic rings. The number of H-pyrrole nitrogens is 1. The van der Waals surface area contributed by atoms with E-state index in [9.17, 15) is 0 Å². The van der Waals surface area contributed by atoms with Crippen LogP contribution in [0.3, 0.4) is 0 Å². The Labute approximate surface area is 177 Å². The predicted molar refractivity (Wildman–Crippen MR) is 123 cm³/mol. The molecule has 0 amide bonds. The van der Waals surface area contributed by atoms with E-state index in [0.29, 0.717) is 16.9 Å². The first-order valence-corrected chi connectivity index (χ1v) is 11.4. The summed E-state index contributed by atoms with van der Waals surface area (Å²) < 4.78 is 0. The van der Waals surface area contributed by atoms with E-state index in [1.54, 1.807) is 6.33 Å². The number of rotatable bonds is 3. The third-order valence-corrected chi connectivity index (χ3v) is 7.44. The number of aromatic amines is 1. The Morgan fingerprint density at radius 3 is 2.31 bits per heavy atom. The van der Waals surface area contributed by atoms with Crippen LogP contribution >= 0.6 is 0 Å². The van der Waals surface area contributed by atoms with Crippen molar-refractivity contribution >= 4 is 16.9 Å². The molecule has 4 rings (SSSR count). The molecule has 2 fully saturated rings. The molecule has 5 nitrogen and oxygen atoms in total. The molecule has 0 radical (unpaired) electrons. The molecule has 2 saturated carbocycles. The van der Waals surface area contributed by atoms with Gasteiger partial charge >= 0.3 is 0 Å². The molecule has 0 aliphatic heterocycles. The highest BCUT2D eigenvalue weighted by atomic mass is 15.2. The van der Waals surface area contributed by atoms with Gasteiger partial charge in [0, 0.05) is 25.3 Å². The van der Waals surface area contributed by atoms with Gasteiger partial charge in [-0.15, -0.1) is 0 Å². The first-order valence-electron chi connectivity index (χ1n) is 11.4. The fourth-order valence-electron chi connectivity index (χ4n) is 5.51. The fraction of sp³-hybridized carbons (Fsp3) is 0.750. The van der Waals surface area contributed by atoms with Gasteiger partial charge < -0.3 is 15.2 Å². The maximum atomic E-state index is 4.51. The van der Waals surface area contributed by atoms with Gasteiger partial charge in [0.2, 0.25) is 0 Å². The van der Waals surface area contributed by atoms with Crippen molar-refractivity contribution in [3.63, 3.8) is 0 Å². The van der Waals surface area contributed by atoms with Crippen LogP contribution in [-0.4, -0.2) is 41.1 Å². The van der Waals surface area contributed by atoms with Crippen molar-refractivity contribution in [3.8, 4) is 0 Å². The maximum absolute atomic E-state index is 4.51. The Kier molecular flexibility index (Phi) is 6.87. The molecule has 2 aromatic heterocycles. The topological polar surface area (TPSA) is 56.8 Å². The molecule has 2 atom stereocenters. The first-order chi connectivity index (χ1) is 13.8. The molecule has 29 heavy (non-hydrogen) atoms. The zero-order valence-electron chi connectivity index (χ0n) is 19.4. The predicted octanol–water partition coefficient (Wildman–Crippen LogP) is 5.54. The molecular weight excluding hydrogens is 358 g/mol. The summed E-state index contributed by atoms with van der Waals surface area (Å²) >= 11 is 0. The molecule has 2 N–H and O–H groups in total. The summed E-state index contributed by atoms with van der Waals surface area (Å²) in [6, 6.07) is 3.37. The molecule has 2 aromatic rings. The van der Waals surface area contributed by atoms with Gasteiger partial charge in [-0.3, -0.25) is 0 Å². The quantitative estimate of drug-likeness (QED) is 0.712. The lowest BCUT2D eigenvalue weighted by Crippen LogP contribution is -2.45. The largest absolute Gasteiger partial charge is 0.355 e. The zero-order chi connectivity index (χ0) is 21.1. The number of nitrogens with one attached hydrogen (secondary N) is 2. The van der Waals surface area contributed by atoms with Crippen LogP contribution in [0.1, 0.15) is 79.1 Å². The molecule has 5 heteroatoms. The second-order valence-electron chi connectivity index (χ2n) is 10.4. The Bertz CT molecular complexity index is 778. The van der Waals surface area contributed by atoms with Crippen LogP contribution in [0, 0.1) is 10.8 Å². The van der Waals surface area contributed by atoms with Gasteiger partial charge in [-0.25, -0.2) is 9.97 Å². The van der Waals surface area contributed by atoms with E-state index in [1.807, 2.05) is 6.20 Å². The molecule has 0 spiro atoms. The van der Waals surface area contributed by atoms with Crippen LogP contribution in [-0.2, 0) is 0 Å². The highest BCUT2D eigenvalue weighted by Crippen LogP contribution is 2.40. The van der Waals surface area contributed by atoms with Gasteiger partial charge in [-0.05, 0) is 49.6 Å². The second kappa shape index (κ2) is 9.03. The van der Waals surface area contributed by atoms with E-state index >= 15 is 0 Å². The zero-order valence-corrected chi connectivity index (χ0v) is 19.4. The van der Waals surface area contributed by atoms with E-state index in [4.69, 9.17) is 0 Å². The summed E-state index contributed by atoms with van der Waals surface area (Å²) in [5, 5.41) is 4.51. The molecule has 2 aliphatic carbocycles. The van der Waals surface area contributed by atoms with Crippen LogP contribution in [0.15, 0.2) is 18.6 Å². The van der Waals surface area contributed by atoms with Crippen molar-refractivity contribution in [3.05, 3.63) is 18.6 Å². The highest BCUT2D eigenvalue weighted by molar-refractivity contribution is 5.87. The average Bonchev–Trinajstić information content (AvgIpc) is 3.16. The van der Waals surface area contributed by atoms with E-state index in [0.717, 1.165) is 22.9 Å². The molecule has 2 heterocycles. The summed E-state index contributed by atoms with van der Waals surface area (Å²) in [5.41, 5.74) is 1.80. The van der Waals surface area contributed by atoms with Crippen molar-refractivity contribution in [2.75, 3.05) is 19.0 Å². The normalized spacial score (nSPS) is 25.9. The van der Waals surface area contributed by atoms with E-state index in [1.165, 1.54) is 51.4 Å². The smallest absolute Gasteiger partial charge is 0.142 e. The Morgan fingerprint density at radius 2 is 1.69 bits per heavy atom. The highest BCUT2D eigenvalue weighted by Gasteiger charge is 2.36. The first kappa shape index (κ1) is 22.1. The second-order valence-corrected chi connectivity index (χ2v) is 10.4. The van der Waals surface area contributed by atoms with Gasteiger partial charge in [0.1, 0.15) is 17.8 Å². The molecule has 0 bridgehead atoms. The van der Waals surface area contributed by atoms with Crippen LogP contribution < -0.4 is 10.2 Å². The molecular formula is C24H41N5. The standard InChI is InChI=1S/C15H22N4.C9H19N/c1-15(2)8-5-4-6-12(15)19(3)14-11-7-9-16-13(11)17-10-18-14;1-9(2)7-5-4-6-8(9)10-3/h7,9-10,12H,4-6,8H2,1-3H3,(H,16,17,18);8,10H,4-7H2,1-3H3. The lowest BCUT2D eigenvalue weighted by atomic mass is 9.72. The van der Waals surface area contributed by atoms with Crippen LogP contribution in [0.5, 0.6) is 0 Å². The van der Waals surface area contributed by atoms with Gasteiger partial charge in [-0.1, -0.05) is 53.4 Å². The molecule has 0 aromatic carbocycles.